The Morgan fingerprint density at radius 2 is 0.620 bits per heavy atom. The Kier molecular flexibility index (Phi) is 6.51. The van der Waals surface area contributed by atoms with E-state index in [-0.39, 0.29) is 34.8 Å². The lowest BCUT2D eigenvalue weighted by Crippen LogP contribution is -2.10. The van der Waals surface area contributed by atoms with Crippen molar-refractivity contribution in [3.05, 3.63) is 154 Å². The van der Waals surface area contributed by atoms with Gasteiger partial charge >= 0.3 is 0 Å². The lowest BCUT2D eigenvalue weighted by molar-refractivity contribution is 0.475. The van der Waals surface area contributed by atoms with E-state index in [0.29, 0.717) is 0 Å². The van der Waals surface area contributed by atoms with Crippen LogP contribution in [0.2, 0.25) is 0 Å². The van der Waals surface area contributed by atoms with Gasteiger partial charge in [0.05, 0.1) is 0 Å². The van der Waals surface area contributed by atoms with Crippen molar-refractivity contribution in [1.29, 1.82) is 0 Å². The van der Waals surface area contributed by atoms with Crippen molar-refractivity contribution in [1.82, 2.24) is 19.9 Å². The summed E-state index contributed by atoms with van der Waals surface area (Å²) in [7, 11) is 0. The first-order chi connectivity index (χ1) is 24.2. The highest BCUT2D eigenvalue weighted by molar-refractivity contribution is 5.92. The third-order valence-corrected chi connectivity index (χ3v) is 10.3. The average Bonchev–Trinajstić information content (AvgIpc) is 3.90. The predicted molar refractivity (Wildman–Crippen MR) is 198 cm³/mol. The van der Waals surface area contributed by atoms with Gasteiger partial charge in [0.2, 0.25) is 0 Å². The summed E-state index contributed by atoms with van der Waals surface area (Å²) >= 11 is 0. The minimum absolute atomic E-state index is 0.189. The Hall–Kier alpha value is -6.54. The number of benzene rings is 5. The van der Waals surface area contributed by atoms with Crippen LogP contribution in [0.4, 0.5) is 0 Å². The highest BCUT2D eigenvalue weighted by Crippen LogP contribution is 2.46. The molecule has 0 aliphatic carbocycles. The third-order valence-electron chi connectivity index (χ3n) is 10.3. The Labute approximate surface area is 286 Å². The summed E-state index contributed by atoms with van der Waals surface area (Å²) in [6.07, 6.45) is 8.05. The Bertz CT molecular complexity index is 2410. The first-order valence-corrected chi connectivity index (χ1v) is 16.5. The van der Waals surface area contributed by atoms with Crippen molar-refractivity contribution >= 4 is 43.6 Å². The fourth-order valence-electron chi connectivity index (χ4n) is 7.96. The normalized spacial score (nSPS) is 12.1. The summed E-state index contributed by atoms with van der Waals surface area (Å²) in [5.41, 5.74) is 12.0. The first-order valence-electron chi connectivity index (χ1n) is 16.5. The number of hydrogen-bond donors (Lipinski definition) is 8. The lowest BCUT2D eigenvalue weighted by atomic mass is 9.77. The molecule has 0 spiro atoms. The van der Waals surface area contributed by atoms with Crippen molar-refractivity contribution in [2.75, 3.05) is 0 Å². The number of phenols is 4. The molecule has 5 aromatic carbocycles. The van der Waals surface area contributed by atoms with Crippen molar-refractivity contribution in [2.45, 2.75) is 25.7 Å². The number of hydrogen-bond acceptors (Lipinski definition) is 4. The van der Waals surface area contributed by atoms with Crippen LogP contribution >= 0.6 is 0 Å². The van der Waals surface area contributed by atoms with E-state index < -0.39 is 0 Å². The first kappa shape index (κ1) is 29.6. The predicted octanol–water partition coefficient (Wildman–Crippen LogP) is 9.41. The molecule has 50 heavy (non-hydrogen) atoms. The minimum atomic E-state index is -0.248. The fraction of sp³-hybridized carbons (Fsp3) is 0.0952. The highest BCUT2D eigenvalue weighted by atomic mass is 16.3. The zero-order valence-electron chi connectivity index (χ0n) is 27.3. The van der Waals surface area contributed by atoms with E-state index in [4.69, 9.17) is 0 Å². The second-order valence-corrected chi connectivity index (χ2v) is 13.3. The molecule has 0 saturated carbocycles. The summed E-state index contributed by atoms with van der Waals surface area (Å²) in [5, 5.41) is 45.8. The van der Waals surface area contributed by atoms with Crippen LogP contribution in [0.3, 0.4) is 0 Å². The smallest absolute Gasteiger partial charge is 0.116 e. The van der Waals surface area contributed by atoms with Crippen LogP contribution in [-0.4, -0.2) is 40.4 Å². The van der Waals surface area contributed by atoms with Crippen molar-refractivity contribution < 1.29 is 20.4 Å². The van der Waals surface area contributed by atoms with Crippen molar-refractivity contribution in [3.8, 4) is 23.0 Å². The van der Waals surface area contributed by atoms with Gasteiger partial charge in [-0.05, 0) is 131 Å². The van der Waals surface area contributed by atoms with Crippen LogP contribution in [0, 0.1) is 13.8 Å². The van der Waals surface area contributed by atoms with Crippen LogP contribution in [0.1, 0.15) is 56.3 Å². The molecule has 8 heteroatoms. The molecule has 4 heterocycles. The molecule has 9 aromatic rings. The number of fused-ring (bicyclic) bond motifs is 4. The van der Waals surface area contributed by atoms with Gasteiger partial charge in [0.15, 0.2) is 0 Å². The van der Waals surface area contributed by atoms with Gasteiger partial charge in [-0.15, -0.1) is 0 Å². The second-order valence-electron chi connectivity index (χ2n) is 13.3. The molecule has 4 aromatic heterocycles. The van der Waals surface area contributed by atoms with Gasteiger partial charge in [0.1, 0.15) is 23.0 Å². The average molecular weight is 659 g/mol. The van der Waals surface area contributed by atoms with Gasteiger partial charge in [-0.1, -0.05) is 12.1 Å². The summed E-state index contributed by atoms with van der Waals surface area (Å²) in [6.45, 7) is 4.26. The number of H-pyrrole nitrogens is 4. The van der Waals surface area contributed by atoms with E-state index in [9.17, 15) is 20.4 Å². The molecule has 9 rings (SSSR count). The molecule has 0 aliphatic rings. The lowest BCUT2D eigenvalue weighted by Gasteiger charge is -2.25. The van der Waals surface area contributed by atoms with E-state index in [1.807, 2.05) is 49.1 Å². The van der Waals surface area contributed by atoms with Crippen LogP contribution in [0.5, 0.6) is 23.0 Å². The molecule has 0 unspecified atom stereocenters. The second kappa shape index (κ2) is 11.0. The minimum Gasteiger partial charge on any atom is -0.508 e. The van der Waals surface area contributed by atoms with Crippen LogP contribution in [0.25, 0.3) is 43.6 Å². The quantitative estimate of drug-likeness (QED) is 0.0900. The van der Waals surface area contributed by atoms with E-state index in [0.717, 1.165) is 88.1 Å². The molecule has 246 valence electrons. The monoisotopic (exact) mass is 658 g/mol. The van der Waals surface area contributed by atoms with Gasteiger partial charge in [0, 0.05) is 80.2 Å². The number of aryl methyl sites for hydroxylation is 2. The van der Waals surface area contributed by atoms with E-state index in [1.54, 1.807) is 48.5 Å². The maximum absolute atomic E-state index is 10.5. The Balaban J connectivity index is 1.30. The zero-order chi connectivity index (χ0) is 34.3. The topological polar surface area (TPSA) is 144 Å². The molecule has 0 fully saturated rings. The van der Waals surface area contributed by atoms with Gasteiger partial charge in [-0.25, -0.2) is 0 Å². The largest absolute Gasteiger partial charge is 0.508 e. The molecule has 0 atom stereocenters. The summed E-state index contributed by atoms with van der Waals surface area (Å²) in [6, 6.07) is 26.0. The van der Waals surface area contributed by atoms with E-state index in [2.05, 4.69) is 45.9 Å². The summed E-state index contributed by atoms with van der Waals surface area (Å²) in [5.74, 6) is 0.261. The third kappa shape index (κ3) is 4.60. The molecule has 0 bridgehead atoms. The molecule has 0 radical (unpaired) electrons. The molecular formula is C42H34N4O4. The maximum Gasteiger partial charge on any atom is 0.116 e. The van der Waals surface area contributed by atoms with Crippen LogP contribution < -0.4 is 0 Å². The molecule has 8 N–H and O–H groups in total. The van der Waals surface area contributed by atoms with Gasteiger partial charge in [0.25, 0.3) is 0 Å². The number of aromatic amines is 4. The number of nitrogens with one attached hydrogen (secondary N) is 4. The number of phenolic OH excluding ortho intramolecular Hbond substituents is 4. The molecule has 0 saturated heterocycles. The van der Waals surface area contributed by atoms with Crippen LogP contribution in [-0.2, 0) is 0 Å². The number of aromatic nitrogens is 4. The van der Waals surface area contributed by atoms with Gasteiger partial charge in [-0.2, -0.15) is 0 Å². The van der Waals surface area contributed by atoms with E-state index in [1.165, 1.54) is 0 Å². The molecule has 0 aliphatic heterocycles. The fourth-order valence-corrected chi connectivity index (χ4v) is 7.96. The standard InChI is InChI=1S/C42H34N4O4/c1-21-11-28(42(35-19-45-39-9-5-25(49)15-31(35)39)36-20-46-40-10-6-26(50)16-32(36)40)22(2)12-27(21)41(33-17-43-37-7-3-23(47)13-29(33)37)34-18-44-38-8-4-24(48)14-30(34)38/h3-20,41-50H,1-2H3. The highest BCUT2D eigenvalue weighted by Gasteiger charge is 2.29. The SMILES string of the molecule is Cc1cc(C(c2c[nH]c3ccc(O)cc23)c2c[nH]c3ccc(O)cc23)c(C)cc1C(c1c[nH]c2ccc(O)cc12)c1c[nH]c2ccc(O)cc12. The van der Waals surface area contributed by atoms with Crippen molar-refractivity contribution in [2.24, 2.45) is 0 Å². The number of aromatic hydroxyl groups is 4. The van der Waals surface area contributed by atoms with E-state index >= 15 is 0 Å². The summed E-state index contributed by atoms with van der Waals surface area (Å²) < 4.78 is 0. The Morgan fingerprint density at radius 1 is 0.360 bits per heavy atom. The van der Waals surface area contributed by atoms with Crippen molar-refractivity contribution in [3.63, 3.8) is 0 Å². The van der Waals surface area contributed by atoms with Gasteiger partial charge in [-0.3, -0.25) is 0 Å². The molecular weight excluding hydrogens is 624 g/mol. The Morgan fingerprint density at radius 3 is 0.880 bits per heavy atom. The molecule has 8 nitrogen and oxygen atoms in total. The van der Waals surface area contributed by atoms with Gasteiger partial charge < -0.3 is 40.4 Å². The summed E-state index contributed by atoms with van der Waals surface area (Å²) in [4.78, 5) is 13.6. The van der Waals surface area contributed by atoms with Crippen LogP contribution in [0.15, 0.2) is 110 Å². The maximum atomic E-state index is 10.5. The molecule has 0 amide bonds. The zero-order valence-corrected chi connectivity index (χ0v) is 27.3. The number of rotatable bonds is 6.